The van der Waals surface area contributed by atoms with Crippen LogP contribution >= 0.6 is 0 Å². The Hall–Kier alpha value is -1.16. The van der Waals surface area contributed by atoms with E-state index < -0.39 is 0 Å². The van der Waals surface area contributed by atoms with E-state index in [4.69, 9.17) is 5.73 Å². The van der Waals surface area contributed by atoms with Gasteiger partial charge in [-0.15, -0.1) is 0 Å². The lowest BCUT2D eigenvalue weighted by Crippen LogP contribution is -2.47. The normalized spacial score (nSPS) is 14.9. The first-order chi connectivity index (χ1) is 7.37. The molecule has 1 heterocycles. The van der Waals surface area contributed by atoms with Gasteiger partial charge in [-0.1, -0.05) is 13.8 Å². The van der Waals surface area contributed by atoms with E-state index in [9.17, 15) is 0 Å². The van der Waals surface area contributed by atoms with Crippen molar-refractivity contribution in [2.45, 2.75) is 40.2 Å². The number of nitrogens with zero attached hydrogens (tertiary/aromatic N) is 2. The molecule has 0 aliphatic rings. The van der Waals surface area contributed by atoms with E-state index in [2.05, 4.69) is 36.1 Å². The molecule has 0 aliphatic heterocycles. The number of hydrogen-bond acceptors (Lipinski definition) is 4. The Bertz CT molecular complexity index is 342. The van der Waals surface area contributed by atoms with E-state index in [1.807, 2.05) is 19.9 Å². The summed E-state index contributed by atoms with van der Waals surface area (Å²) in [7, 11) is 0. The Morgan fingerprint density at radius 3 is 2.19 bits per heavy atom. The average molecular weight is 222 g/mol. The van der Waals surface area contributed by atoms with Crippen molar-refractivity contribution in [1.29, 1.82) is 0 Å². The van der Waals surface area contributed by atoms with Gasteiger partial charge < -0.3 is 11.1 Å². The summed E-state index contributed by atoms with van der Waals surface area (Å²) in [5, 5.41) is 3.34. The van der Waals surface area contributed by atoms with E-state index >= 15 is 0 Å². The molecule has 3 N–H and O–H groups in total. The number of nitrogens with one attached hydrogen (secondary N) is 1. The summed E-state index contributed by atoms with van der Waals surface area (Å²) in [6.07, 6.45) is 0. The topological polar surface area (TPSA) is 63.8 Å². The maximum Gasteiger partial charge on any atom is 0.223 e. The highest BCUT2D eigenvalue weighted by molar-refractivity contribution is 5.32. The first kappa shape index (κ1) is 12.9. The third kappa shape index (κ3) is 2.92. The van der Waals surface area contributed by atoms with E-state index in [1.54, 1.807) is 0 Å². The van der Waals surface area contributed by atoms with Gasteiger partial charge in [0, 0.05) is 17.9 Å². The smallest absolute Gasteiger partial charge is 0.223 e. The molecule has 0 spiro atoms. The Morgan fingerprint density at radius 1 is 1.31 bits per heavy atom. The fraction of sp³-hybridized carbons (Fsp3) is 0.667. The highest BCUT2D eigenvalue weighted by Gasteiger charge is 2.27. The van der Waals surface area contributed by atoms with Crippen LogP contribution in [0.25, 0.3) is 0 Å². The maximum absolute atomic E-state index is 5.81. The molecule has 16 heavy (non-hydrogen) atoms. The summed E-state index contributed by atoms with van der Waals surface area (Å²) in [6, 6.07) is 1.96. The minimum Gasteiger partial charge on any atom is -0.348 e. The Balaban J connectivity index is 2.94. The van der Waals surface area contributed by atoms with Crippen LogP contribution in [0.1, 0.15) is 32.2 Å². The van der Waals surface area contributed by atoms with E-state index in [-0.39, 0.29) is 5.54 Å². The van der Waals surface area contributed by atoms with Gasteiger partial charge in [-0.05, 0) is 32.8 Å². The van der Waals surface area contributed by atoms with Crippen molar-refractivity contribution < 1.29 is 0 Å². The number of aromatic nitrogens is 2. The number of aryl methyl sites for hydroxylation is 2. The lowest BCUT2D eigenvalue weighted by molar-refractivity contribution is 0.380. The zero-order valence-electron chi connectivity index (χ0n) is 10.8. The Morgan fingerprint density at radius 2 is 1.81 bits per heavy atom. The van der Waals surface area contributed by atoms with Crippen LogP contribution < -0.4 is 11.1 Å². The molecule has 1 aromatic rings. The summed E-state index contributed by atoms with van der Waals surface area (Å²) in [5.41, 5.74) is 7.59. The molecule has 4 nitrogen and oxygen atoms in total. The van der Waals surface area contributed by atoms with Crippen LogP contribution in [0.2, 0.25) is 0 Å². The van der Waals surface area contributed by atoms with E-state index in [0.29, 0.717) is 18.4 Å². The first-order valence-corrected chi connectivity index (χ1v) is 5.68. The van der Waals surface area contributed by atoms with Crippen molar-refractivity contribution in [1.82, 2.24) is 9.97 Å². The number of hydrogen-bond donors (Lipinski definition) is 2. The fourth-order valence-electron chi connectivity index (χ4n) is 1.47. The summed E-state index contributed by atoms with van der Waals surface area (Å²) in [5.74, 6) is 1.08. The highest BCUT2D eigenvalue weighted by atomic mass is 15.2. The minimum absolute atomic E-state index is 0.166. The van der Waals surface area contributed by atoms with Crippen LogP contribution in [0.4, 0.5) is 5.95 Å². The van der Waals surface area contributed by atoms with Crippen molar-refractivity contribution in [3.8, 4) is 0 Å². The fourth-order valence-corrected chi connectivity index (χ4v) is 1.47. The van der Waals surface area contributed by atoms with Gasteiger partial charge in [0.1, 0.15) is 0 Å². The van der Waals surface area contributed by atoms with Gasteiger partial charge in [-0.25, -0.2) is 9.97 Å². The molecule has 0 aromatic carbocycles. The molecule has 1 rings (SSSR count). The molecule has 90 valence electrons. The summed E-state index contributed by atoms with van der Waals surface area (Å²) in [4.78, 5) is 8.74. The van der Waals surface area contributed by atoms with Crippen molar-refractivity contribution in [3.05, 3.63) is 17.5 Å². The number of anilines is 1. The Kier molecular flexibility index (Phi) is 3.86. The molecule has 0 bridgehead atoms. The second-order valence-electron chi connectivity index (χ2n) is 4.88. The van der Waals surface area contributed by atoms with Crippen molar-refractivity contribution in [2.75, 3.05) is 11.9 Å². The van der Waals surface area contributed by atoms with Crippen molar-refractivity contribution in [3.63, 3.8) is 0 Å². The lowest BCUT2D eigenvalue weighted by atomic mass is 9.89. The van der Waals surface area contributed by atoms with Crippen molar-refractivity contribution >= 4 is 5.95 Å². The van der Waals surface area contributed by atoms with Crippen LogP contribution in [0.3, 0.4) is 0 Å². The first-order valence-electron chi connectivity index (χ1n) is 5.68. The summed E-state index contributed by atoms with van der Waals surface area (Å²) < 4.78 is 0. The van der Waals surface area contributed by atoms with E-state index in [1.165, 1.54) is 0 Å². The third-order valence-corrected chi connectivity index (χ3v) is 3.08. The molecule has 0 fully saturated rings. The number of rotatable bonds is 4. The largest absolute Gasteiger partial charge is 0.348 e. The Labute approximate surface area is 97.7 Å². The molecule has 1 atom stereocenters. The molecular formula is C12H22N4. The predicted octanol–water partition coefficient (Wildman–Crippen LogP) is 1.88. The molecule has 0 radical (unpaired) electrons. The van der Waals surface area contributed by atoms with Crippen LogP contribution in [-0.2, 0) is 0 Å². The van der Waals surface area contributed by atoms with E-state index in [0.717, 1.165) is 11.4 Å². The van der Waals surface area contributed by atoms with Gasteiger partial charge in [0.05, 0.1) is 5.54 Å². The summed E-state index contributed by atoms with van der Waals surface area (Å²) >= 11 is 0. The molecule has 0 saturated carbocycles. The minimum atomic E-state index is -0.166. The van der Waals surface area contributed by atoms with Crippen LogP contribution in [0, 0.1) is 19.8 Å². The van der Waals surface area contributed by atoms with Crippen LogP contribution in [0.5, 0.6) is 0 Å². The molecule has 0 aliphatic carbocycles. The second kappa shape index (κ2) is 4.78. The number of nitrogens with two attached hydrogens (primary N) is 1. The lowest BCUT2D eigenvalue weighted by Gasteiger charge is -2.33. The molecule has 0 saturated heterocycles. The van der Waals surface area contributed by atoms with Crippen molar-refractivity contribution in [2.24, 2.45) is 11.7 Å². The zero-order valence-corrected chi connectivity index (χ0v) is 10.8. The maximum atomic E-state index is 5.81. The standard InChI is InChI=1S/C12H22N4/c1-8(2)12(5,7-13)16-11-14-9(3)6-10(4)15-11/h6,8H,7,13H2,1-5H3,(H,14,15,16). The summed E-state index contributed by atoms with van der Waals surface area (Å²) in [6.45, 7) is 10.9. The van der Waals surface area contributed by atoms with Gasteiger partial charge in [0.2, 0.25) is 5.95 Å². The monoisotopic (exact) mass is 222 g/mol. The van der Waals surface area contributed by atoms with Gasteiger partial charge in [-0.2, -0.15) is 0 Å². The van der Waals surface area contributed by atoms with Crippen LogP contribution in [0.15, 0.2) is 6.07 Å². The SMILES string of the molecule is Cc1cc(C)nc(NC(C)(CN)C(C)C)n1. The quantitative estimate of drug-likeness (QED) is 0.816. The van der Waals surface area contributed by atoms with Crippen LogP contribution in [-0.4, -0.2) is 22.1 Å². The molecular weight excluding hydrogens is 200 g/mol. The molecule has 1 aromatic heterocycles. The van der Waals surface area contributed by atoms with Gasteiger partial charge >= 0.3 is 0 Å². The second-order valence-corrected chi connectivity index (χ2v) is 4.88. The van der Waals surface area contributed by atoms with Gasteiger partial charge in [0.15, 0.2) is 0 Å². The highest BCUT2D eigenvalue weighted by Crippen LogP contribution is 2.20. The average Bonchev–Trinajstić information content (AvgIpc) is 2.15. The predicted molar refractivity (Wildman–Crippen MR) is 67.4 cm³/mol. The molecule has 1 unspecified atom stereocenters. The molecule has 4 heteroatoms. The van der Waals surface area contributed by atoms with Gasteiger partial charge in [0.25, 0.3) is 0 Å². The zero-order chi connectivity index (χ0) is 12.3. The molecule has 0 amide bonds. The third-order valence-electron chi connectivity index (χ3n) is 3.08. The van der Waals surface area contributed by atoms with Gasteiger partial charge in [-0.3, -0.25) is 0 Å².